The van der Waals surface area contributed by atoms with Crippen LogP contribution >= 0.6 is 50.5 Å². The first-order chi connectivity index (χ1) is 6.24. The number of hydrogen-bond acceptors (Lipinski definition) is 1. The Kier molecular flexibility index (Phi) is 2.84. The van der Waals surface area contributed by atoms with Crippen LogP contribution in [-0.2, 0) is 5.33 Å². The van der Waals surface area contributed by atoms with E-state index in [1.807, 2.05) is 18.2 Å². The molecule has 1 heterocycles. The van der Waals surface area contributed by atoms with Gasteiger partial charge in [0.05, 0.1) is 14.1 Å². The Bertz CT molecular complexity index is 450. The van der Waals surface area contributed by atoms with E-state index in [4.69, 9.17) is 23.2 Å². The van der Waals surface area contributed by atoms with Crippen molar-refractivity contribution in [2.75, 3.05) is 0 Å². The van der Waals surface area contributed by atoms with Crippen LogP contribution in [0.2, 0.25) is 9.36 Å². The molecule has 13 heavy (non-hydrogen) atoms. The first-order valence-corrected chi connectivity index (χ1v) is 6.34. The van der Waals surface area contributed by atoms with Crippen molar-refractivity contribution < 1.29 is 0 Å². The Morgan fingerprint density at radius 1 is 1.31 bits per heavy atom. The molecule has 0 bridgehead atoms. The molecule has 0 atom stereocenters. The predicted molar refractivity (Wildman–Crippen MR) is 64.5 cm³/mol. The molecule has 2 aromatic rings. The average molecular weight is 296 g/mol. The molecule has 0 aliphatic carbocycles. The van der Waals surface area contributed by atoms with Gasteiger partial charge in [0.15, 0.2) is 0 Å². The van der Waals surface area contributed by atoms with Gasteiger partial charge in [-0.2, -0.15) is 0 Å². The van der Waals surface area contributed by atoms with Gasteiger partial charge in [-0.15, -0.1) is 11.3 Å². The Morgan fingerprint density at radius 3 is 2.77 bits per heavy atom. The van der Waals surface area contributed by atoms with Crippen molar-refractivity contribution in [3.05, 3.63) is 33.1 Å². The Balaban J connectivity index is 2.86. The van der Waals surface area contributed by atoms with Gasteiger partial charge in [-0.3, -0.25) is 0 Å². The SMILES string of the molecule is Clc1sc2c(Cl)cccc2c1CBr. The molecule has 0 aliphatic rings. The van der Waals surface area contributed by atoms with Crippen LogP contribution in [0.3, 0.4) is 0 Å². The van der Waals surface area contributed by atoms with Gasteiger partial charge < -0.3 is 0 Å². The lowest BCUT2D eigenvalue weighted by atomic mass is 10.2. The van der Waals surface area contributed by atoms with Gasteiger partial charge in [0.1, 0.15) is 0 Å². The maximum Gasteiger partial charge on any atom is 0.0981 e. The van der Waals surface area contributed by atoms with Gasteiger partial charge in [-0.25, -0.2) is 0 Å². The van der Waals surface area contributed by atoms with Crippen LogP contribution in [0.25, 0.3) is 10.1 Å². The van der Waals surface area contributed by atoms with Gasteiger partial charge in [0, 0.05) is 10.9 Å². The molecule has 0 N–H and O–H groups in total. The highest BCUT2D eigenvalue weighted by Gasteiger charge is 2.10. The number of benzene rings is 1. The molecule has 0 saturated carbocycles. The Labute approximate surface area is 98.6 Å². The second-order valence-electron chi connectivity index (χ2n) is 2.60. The molecule has 1 aromatic carbocycles. The van der Waals surface area contributed by atoms with E-state index in [9.17, 15) is 0 Å². The van der Waals surface area contributed by atoms with E-state index in [1.54, 1.807) is 0 Å². The third-order valence-corrected chi connectivity index (χ3v) is 4.37. The number of alkyl halides is 1. The zero-order chi connectivity index (χ0) is 9.42. The van der Waals surface area contributed by atoms with E-state index < -0.39 is 0 Å². The molecule has 0 unspecified atom stereocenters. The lowest BCUT2D eigenvalue weighted by Gasteiger charge is -1.94. The standard InChI is InChI=1S/C9H5BrCl2S/c10-4-6-5-2-1-3-7(11)8(5)13-9(6)12/h1-3H,4H2. The summed E-state index contributed by atoms with van der Waals surface area (Å²) in [5.74, 6) is 0. The van der Waals surface area contributed by atoms with Crippen molar-refractivity contribution in [2.45, 2.75) is 5.33 Å². The summed E-state index contributed by atoms with van der Waals surface area (Å²) in [4.78, 5) is 0. The zero-order valence-corrected chi connectivity index (χ0v) is 10.4. The molecule has 0 saturated heterocycles. The van der Waals surface area contributed by atoms with Crippen LogP contribution in [-0.4, -0.2) is 0 Å². The average Bonchev–Trinajstić information content (AvgIpc) is 2.43. The molecule has 0 radical (unpaired) electrons. The Hall–Kier alpha value is 0.240. The second kappa shape index (κ2) is 3.77. The van der Waals surface area contributed by atoms with E-state index in [-0.39, 0.29) is 0 Å². The molecular formula is C9H5BrCl2S. The third-order valence-electron chi connectivity index (χ3n) is 1.85. The summed E-state index contributed by atoms with van der Waals surface area (Å²) in [5, 5.41) is 2.70. The number of thiophene rings is 1. The monoisotopic (exact) mass is 294 g/mol. The summed E-state index contributed by atoms with van der Waals surface area (Å²) in [6.07, 6.45) is 0. The van der Waals surface area contributed by atoms with Gasteiger partial charge in [-0.05, 0) is 11.5 Å². The van der Waals surface area contributed by atoms with Crippen LogP contribution in [0, 0.1) is 0 Å². The third kappa shape index (κ3) is 1.61. The van der Waals surface area contributed by atoms with Crippen molar-refractivity contribution in [1.29, 1.82) is 0 Å². The van der Waals surface area contributed by atoms with Gasteiger partial charge >= 0.3 is 0 Å². The predicted octanol–water partition coefficient (Wildman–Crippen LogP) is 5.10. The summed E-state index contributed by atoms with van der Waals surface area (Å²) in [7, 11) is 0. The van der Waals surface area contributed by atoms with Crippen LogP contribution in [0.5, 0.6) is 0 Å². The molecule has 2 rings (SSSR count). The molecule has 68 valence electrons. The second-order valence-corrected chi connectivity index (χ2v) is 5.20. The van der Waals surface area contributed by atoms with Crippen molar-refractivity contribution in [1.82, 2.24) is 0 Å². The highest BCUT2D eigenvalue weighted by atomic mass is 79.9. The van der Waals surface area contributed by atoms with Crippen LogP contribution in [0.1, 0.15) is 5.56 Å². The highest BCUT2D eigenvalue weighted by Crippen LogP contribution is 2.39. The summed E-state index contributed by atoms with van der Waals surface area (Å²) < 4.78 is 1.89. The van der Waals surface area contributed by atoms with Crippen molar-refractivity contribution in [3.63, 3.8) is 0 Å². The minimum absolute atomic E-state index is 0.770. The normalized spacial score (nSPS) is 11.0. The fourth-order valence-corrected chi connectivity index (χ4v) is 3.80. The summed E-state index contributed by atoms with van der Waals surface area (Å²) in [6, 6.07) is 5.87. The molecule has 1 aromatic heterocycles. The van der Waals surface area contributed by atoms with Crippen LogP contribution < -0.4 is 0 Å². The number of hydrogen-bond donors (Lipinski definition) is 0. The van der Waals surface area contributed by atoms with Crippen molar-refractivity contribution in [2.24, 2.45) is 0 Å². The van der Waals surface area contributed by atoms with E-state index in [2.05, 4.69) is 15.9 Å². The fraction of sp³-hybridized carbons (Fsp3) is 0.111. The molecular weight excluding hydrogens is 291 g/mol. The molecule has 0 aliphatic heterocycles. The number of rotatable bonds is 1. The lowest BCUT2D eigenvalue weighted by Crippen LogP contribution is -1.73. The number of halogens is 3. The maximum absolute atomic E-state index is 6.07. The zero-order valence-electron chi connectivity index (χ0n) is 6.48. The molecule has 4 heteroatoms. The molecule has 0 amide bonds. The molecule has 0 fully saturated rings. The van der Waals surface area contributed by atoms with Crippen molar-refractivity contribution in [3.8, 4) is 0 Å². The lowest BCUT2D eigenvalue weighted by molar-refractivity contribution is 1.54. The largest absolute Gasteiger partial charge is 0.121 e. The maximum atomic E-state index is 6.07. The summed E-state index contributed by atoms with van der Waals surface area (Å²) in [6.45, 7) is 0. The highest BCUT2D eigenvalue weighted by molar-refractivity contribution is 9.08. The van der Waals surface area contributed by atoms with E-state index in [1.165, 1.54) is 11.3 Å². The van der Waals surface area contributed by atoms with E-state index in [0.717, 1.165) is 30.3 Å². The summed E-state index contributed by atoms with van der Waals surface area (Å²) >= 11 is 17.1. The van der Waals surface area contributed by atoms with Crippen molar-refractivity contribution >= 4 is 60.6 Å². The van der Waals surface area contributed by atoms with Gasteiger partial charge in [0.25, 0.3) is 0 Å². The molecule has 0 nitrogen and oxygen atoms in total. The molecule has 0 spiro atoms. The summed E-state index contributed by atoms with van der Waals surface area (Å²) in [5.41, 5.74) is 1.13. The van der Waals surface area contributed by atoms with Gasteiger partial charge in [0.2, 0.25) is 0 Å². The fourth-order valence-electron chi connectivity index (χ4n) is 1.23. The quantitative estimate of drug-likeness (QED) is 0.642. The topological polar surface area (TPSA) is 0 Å². The van der Waals surface area contributed by atoms with E-state index in [0.29, 0.717) is 0 Å². The Morgan fingerprint density at radius 2 is 2.08 bits per heavy atom. The van der Waals surface area contributed by atoms with Crippen LogP contribution in [0.15, 0.2) is 18.2 Å². The van der Waals surface area contributed by atoms with Gasteiger partial charge in [-0.1, -0.05) is 51.3 Å². The first kappa shape index (κ1) is 9.78. The minimum Gasteiger partial charge on any atom is -0.121 e. The smallest absolute Gasteiger partial charge is 0.0981 e. The first-order valence-electron chi connectivity index (χ1n) is 3.65. The minimum atomic E-state index is 0.770. The number of fused-ring (bicyclic) bond motifs is 1. The van der Waals surface area contributed by atoms with E-state index >= 15 is 0 Å². The van der Waals surface area contributed by atoms with Crippen LogP contribution in [0.4, 0.5) is 0 Å².